The maximum atomic E-state index is 11.1. The van der Waals surface area contributed by atoms with Crippen molar-refractivity contribution in [1.82, 2.24) is 0 Å². The molecule has 0 saturated heterocycles. The second kappa shape index (κ2) is 8.57. The van der Waals surface area contributed by atoms with Crippen molar-refractivity contribution < 1.29 is 9.90 Å². The summed E-state index contributed by atoms with van der Waals surface area (Å²) in [6.45, 7) is 4.32. The molecule has 3 nitrogen and oxygen atoms in total. The summed E-state index contributed by atoms with van der Waals surface area (Å²) < 4.78 is 0. The second-order valence-electron chi connectivity index (χ2n) is 5.10. The minimum atomic E-state index is -0.877. The number of aromatic carboxylic acids is 1. The van der Waals surface area contributed by atoms with E-state index in [2.05, 4.69) is 19.2 Å². The van der Waals surface area contributed by atoms with Crippen LogP contribution in [0.25, 0.3) is 0 Å². The number of hydrogen-bond acceptors (Lipinski definition) is 2. The summed E-state index contributed by atoms with van der Waals surface area (Å²) in [5, 5.41) is 12.4. The highest BCUT2D eigenvalue weighted by Gasteiger charge is 2.10. The molecule has 0 spiro atoms. The lowest BCUT2D eigenvalue weighted by molar-refractivity contribution is 0.0698. The molecule has 1 rings (SSSR count). The van der Waals surface area contributed by atoms with Gasteiger partial charge in [0.25, 0.3) is 0 Å². The third-order valence-corrected chi connectivity index (χ3v) is 3.30. The Morgan fingerprint density at radius 1 is 1.21 bits per heavy atom. The van der Waals surface area contributed by atoms with Crippen LogP contribution in [0.4, 0.5) is 5.69 Å². The van der Waals surface area contributed by atoms with E-state index < -0.39 is 5.97 Å². The van der Waals surface area contributed by atoms with Gasteiger partial charge in [-0.25, -0.2) is 4.79 Å². The Morgan fingerprint density at radius 2 is 1.89 bits per heavy atom. The molecule has 1 aromatic carbocycles. The maximum Gasteiger partial charge on any atom is 0.337 e. The lowest BCUT2D eigenvalue weighted by atomic mass is 10.1. The standard InChI is InChI=1S/C16H25NO2/c1-3-4-5-6-7-10-13(2)17-15-12-9-8-11-14(15)16(18)19/h8-9,11-13,17H,3-7,10H2,1-2H3,(H,18,19). The Kier molecular flexibility index (Phi) is 7.01. The van der Waals surface area contributed by atoms with E-state index in [4.69, 9.17) is 5.11 Å². The zero-order chi connectivity index (χ0) is 14.1. The van der Waals surface area contributed by atoms with Gasteiger partial charge >= 0.3 is 5.97 Å². The summed E-state index contributed by atoms with van der Waals surface area (Å²) in [5.74, 6) is -0.877. The largest absolute Gasteiger partial charge is 0.478 e. The zero-order valence-electron chi connectivity index (χ0n) is 12.0. The third-order valence-electron chi connectivity index (χ3n) is 3.30. The molecule has 1 atom stereocenters. The van der Waals surface area contributed by atoms with Crippen molar-refractivity contribution in [1.29, 1.82) is 0 Å². The van der Waals surface area contributed by atoms with Crippen molar-refractivity contribution in [3.63, 3.8) is 0 Å². The first-order valence-corrected chi connectivity index (χ1v) is 7.24. The molecule has 0 radical (unpaired) electrons. The number of carboxylic acids is 1. The number of carbonyl (C=O) groups is 1. The molecule has 0 aliphatic carbocycles. The van der Waals surface area contributed by atoms with Gasteiger partial charge in [-0.2, -0.15) is 0 Å². The van der Waals surface area contributed by atoms with E-state index in [0.717, 1.165) is 12.1 Å². The Hall–Kier alpha value is -1.51. The molecule has 0 fully saturated rings. The summed E-state index contributed by atoms with van der Waals surface area (Å²) in [6, 6.07) is 7.39. The van der Waals surface area contributed by atoms with E-state index in [1.807, 2.05) is 12.1 Å². The molecule has 0 aliphatic rings. The quantitative estimate of drug-likeness (QED) is 0.643. The summed E-state index contributed by atoms with van der Waals surface area (Å²) in [4.78, 5) is 11.1. The summed E-state index contributed by atoms with van der Waals surface area (Å²) in [7, 11) is 0. The van der Waals surface area contributed by atoms with Crippen molar-refractivity contribution in [2.75, 3.05) is 5.32 Å². The van der Waals surface area contributed by atoms with Gasteiger partial charge in [0.05, 0.1) is 5.56 Å². The van der Waals surface area contributed by atoms with E-state index in [-0.39, 0.29) is 0 Å². The van der Waals surface area contributed by atoms with E-state index in [1.165, 1.54) is 32.1 Å². The normalized spacial score (nSPS) is 12.1. The van der Waals surface area contributed by atoms with E-state index in [0.29, 0.717) is 11.6 Å². The van der Waals surface area contributed by atoms with E-state index in [9.17, 15) is 4.79 Å². The van der Waals surface area contributed by atoms with Crippen LogP contribution in [0, 0.1) is 0 Å². The molecule has 106 valence electrons. The first-order valence-electron chi connectivity index (χ1n) is 7.24. The van der Waals surface area contributed by atoms with Crippen molar-refractivity contribution in [3.8, 4) is 0 Å². The molecule has 1 aromatic rings. The fraction of sp³-hybridized carbons (Fsp3) is 0.562. The first kappa shape index (κ1) is 15.5. The van der Waals surface area contributed by atoms with Gasteiger partial charge in [0.2, 0.25) is 0 Å². The molecule has 0 bridgehead atoms. The van der Waals surface area contributed by atoms with Crippen LogP contribution in [-0.2, 0) is 0 Å². The van der Waals surface area contributed by atoms with Gasteiger partial charge in [-0.3, -0.25) is 0 Å². The van der Waals surface area contributed by atoms with Crippen molar-refractivity contribution >= 4 is 11.7 Å². The number of hydrogen-bond donors (Lipinski definition) is 2. The SMILES string of the molecule is CCCCCCCC(C)Nc1ccccc1C(=O)O. The molecule has 0 saturated carbocycles. The van der Waals surface area contributed by atoms with Crippen LogP contribution in [0.15, 0.2) is 24.3 Å². The number of rotatable bonds is 9. The Morgan fingerprint density at radius 3 is 2.58 bits per heavy atom. The fourth-order valence-electron chi connectivity index (χ4n) is 2.19. The Labute approximate surface area is 116 Å². The van der Waals surface area contributed by atoms with E-state index in [1.54, 1.807) is 12.1 Å². The number of carboxylic acid groups (broad SMARTS) is 1. The average molecular weight is 263 g/mol. The molecule has 2 N–H and O–H groups in total. The predicted molar refractivity (Wildman–Crippen MR) is 79.9 cm³/mol. The van der Waals surface area contributed by atoms with Crippen LogP contribution in [0.2, 0.25) is 0 Å². The van der Waals surface area contributed by atoms with Gasteiger partial charge in [-0.15, -0.1) is 0 Å². The second-order valence-corrected chi connectivity index (χ2v) is 5.10. The highest BCUT2D eigenvalue weighted by molar-refractivity contribution is 5.94. The molecular formula is C16H25NO2. The molecule has 0 aromatic heterocycles. The Balaban J connectivity index is 2.39. The number of para-hydroxylation sites is 1. The highest BCUT2D eigenvalue weighted by atomic mass is 16.4. The number of nitrogens with one attached hydrogen (secondary N) is 1. The predicted octanol–water partition coefficient (Wildman–Crippen LogP) is 4.55. The summed E-state index contributed by atoms with van der Waals surface area (Å²) in [6.07, 6.45) is 7.42. The van der Waals surface area contributed by atoms with Crippen molar-refractivity contribution in [2.45, 2.75) is 58.4 Å². The lowest BCUT2D eigenvalue weighted by Crippen LogP contribution is -2.17. The number of anilines is 1. The van der Waals surface area contributed by atoms with Gasteiger partial charge in [0.15, 0.2) is 0 Å². The lowest BCUT2D eigenvalue weighted by Gasteiger charge is -2.16. The molecule has 1 unspecified atom stereocenters. The minimum Gasteiger partial charge on any atom is -0.478 e. The summed E-state index contributed by atoms with van der Waals surface area (Å²) in [5.41, 5.74) is 1.07. The van der Waals surface area contributed by atoms with Gasteiger partial charge < -0.3 is 10.4 Å². The topological polar surface area (TPSA) is 49.3 Å². The van der Waals surface area contributed by atoms with Crippen LogP contribution in [0.1, 0.15) is 62.7 Å². The fourth-order valence-corrected chi connectivity index (χ4v) is 2.19. The van der Waals surface area contributed by atoms with Crippen LogP contribution < -0.4 is 5.32 Å². The average Bonchev–Trinajstić information content (AvgIpc) is 2.39. The molecule has 0 aliphatic heterocycles. The van der Waals surface area contributed by atoms with Gasteiger partial charge in [-0.05, 0) is 25.5 Å². The van der Waals surface area contributed by atoms with Crippen LogP contribution in [0.5, 0.6) is 0 Å². The maximum absolute atomic E-state index is 11.1. The zero-order valence-corrected chi connectivity index (χ0v) is 12.0. The first-order chi connectivity index (χ1) is 9.15. The van der Waals surface area contributed by atoms with Crippen LogP contribution >= 0.6 is 0 Å². The number of benzene rings is 1. The van der Waals surface area contributed by atoms with Crippen molar-refractivity contribution in [2.24, 2.45) is 0 Å². The smallest absolute Gasteiger partial charge is 0.337 e. The Bertz CT molecular complexity index is 390. The molecular weight excluding hydrogens is 238 g/mol. The summed E-state index contributed by atoms with van der Waals surface area (Å²) >= 11 is 0. The van der Waals surface area contributed by atoms with Crippen LogP contribution in [0.3, 0.4) is 0 Å². The van der Waals surface area contributed by atoms with Gasteiger partial charge in [-0.1, -0.05) is 51.2 Å². The molecule has 19 heavy (non-hydrogen) atoms. The third kappa shape index (κ3) is 5.77. The molecule has 0 heterocycles. The van der Waals surface area contributed by atoms with Crippen molar-refractivity contribution in [3.05, 3.63) is 29.8 Å². The van der Waals surface area contributed by atoms with E-state index >= 15 is 0 Å². The van der Waals surface area contributed by atoms with Crippen LogP contribution in [-0.4, -0.2) is 17.1 Å². The monoisotopic (exact) mass is 263 g/mol. The minimum absolute atomic E-state index is 0.308. The molecule has 3 heteroatoms. The number of unbranched alkanes of at least 4 members (excludes halogenated alkanes) is 4. The van der Waals surface area contributed by atoms with Gasteiger partial charge in [0.1, 0.15) is 0 Å². The molecule has 0 amide bonds. The van der Waals surface area contributed by atoms with Gasteiger partial charge in [0, 0.05) is 11.7 Å². The highest BCUT2D eigenvalue weighted by Crippen LogP contribution is 2.18.